The number of rotatable bonds is 2. The van der Waals surface area contributed by atoms with E-state index in [2.05, 4.69) is 5.32 Å². The minimum absolute atomic E-state index is 0.0151. The quantitative estimate of drug-likeness (QED) is 0.707. The molecule has 1 unspecified atom stereocenters. The van der Waals surface area contributed by atoms with Gasteiger partial charge in [-0.2, -0.15) is 0 Å². The number of ether oxygens (including phenoxy) is 1. The van der Waals surface area contributed by atoms with Crippen molar-refractivity contribution in [2.45, 2.75) is 25.3 Å². The first-order valence-electron chi connectivity index (χ1n) is 5.79. The van der Waals surface area contributed by atoms with Crippen LogP contribution in [0.3, 0.4) is 0 Å². The first-order valence-corrected chi connectivity index (χ1v) is 5.79. The van der Waals surface area contributed by atoms with Crippen LogP contribution >= 0.6 is 0 Å². The van der Waals surface area contributed by atoms with Crippen molar-refractivity contribution in [2.24, 2.45) is 5.92 Å². The largest absolute Gasteiger partial charge is 0.381 e. The maximum absolute atomic E-state index is 12.1. The lowest BCUT2D eigenvalue weighted by molar-refractivity contribution is -0.138. The number of amides is 2. The molecule has 0 aliphatic carbocycles. The van der Waals surface area contributed by atoms with Gasteiger partial charge in [-0.1, -0.05) is 0 Å². The lowest BCUT2D eigenvalue weighted by Crippen LogP contribution is -2.43. The molecule has 2 saturated heterocycles. The first kappa shape index (κ1) is 11.4. The third-order valence-corrected chi connectivity index (χ3v) is 3.41. The number of hydrogen-bond acceptors (Lipinski definition) is 3. The normalized spacial score (nSPS) is 26.6. The van der Waals surface area contributed by atoms with E-state index in [9.17, 15) is 9.59 Å². The van der Waals surface area contributed by atoms with Gasteiger partial charge in [0.1, 0.15) is 0 Å². The molecule has 5 nitrogen and oxygen atoms in total. The third kappa shape index (κ3) is 2.35. The predicted molar refractivity (Wildman–Crippen MR) is 57.7 cm³/mol. The molecule has 0 spiro atoms. The zero-order chi connectivity index (χ0) is 11.5. The highest BCUT2D eigenvalue weighted by atomic mass is 16.5. The third-order valence-electron chi connectivity index (χ3n) is 3.41. The van der Waals surface area contributed by atoms with Gasteiger partial charge in [0, 0.05) is 39.3 Å². The predicted octanol–water partition coefficient (Wildman–Crippen LogP) is -0.240. The molecule has 0 aromatic rings. The molecule has 0 aromatic carbocycles. The molecule has 2 rings (SSSR count). The van der Waals surface area contributed by atoms with Crippen LogP contribution in [0.1, 0.15) is 19.3 Å². The molecule has 5 heteroatoms. The number of hydrogen-bond donors (Lipinski definition) is 1. The lowest BCUT2D eigenvalue weighted by Gasteiger charge is -2.32. The SMILES string of the molecule is CN(C(=O)C1CNC(=O)C1)C1CCOCC1. The molecule has 0 radical (unpaired) electrons. The molecule has 0 bridgehead atoms. The summed E-state index contributed by atoms with van der Waals surface area (Å²) in [7, 11) is 1.83. The first-order chi connectivity index (χ1) is 7.68. The van der Waals surface area contributed by atoms with Crippen LogP contribution in [0, 0.1) is 5.92 Å². The minimum Gasteiger partial charge on any atom is -0.381 e. The zero-order valence-electron chi connectivity index (χ0n) is 9.57. The number of nitrogens with zero attached hydrogens (tertiary/aromatic N) is 1. The molecule has 1 N–H and O–H groups in total. The van der Waals surface area contributed by atoms with E-state index in [-0.39, 0.29) is 23.8 Å². The number of nitrogens with one attached hydrogen (secondary N) is 1. The molecule has 2 aliphatic heterocycles. The van der Waals surface area contributed by atoms with E-state index >= 15 is 0 Å². The lowest BCUT2D eigenvalue weighted by atomic mass is 10.0. The van der Waals surface area contributed by atoms with Crippen molar-refractivity contribution in [2.75, 3.05) is 26.8 Å². The Labute approximate surface area is 95.1 Å². The molecular weight excluding hydrogens is 208 g/mol. The van der Waals surface area contributed by atoms with Crippen LogP contribution in [-0.4, -0.2) is 49.6 Å². The summed E-state index contributed by atoms with van der Waals surface area (Å²) in [6.07, 6.45) is 2.14. The second-order valence-corrected chi connectivity index (χ2v) is 4.50. The van der Waals surface area contributed by atoms with Crippen molar-refractivity contribution in [1.29, 1.82) is 0 Å². The molecule has 0 saturated carbocycles. The fourth-order valence-electron chi connectivity index (χ4n) is 2.32. The molecule has 2 aliphatic rings. The van der Waals surface area contributed by atoms with Gasteiger partial charge in [0.15, 0.2) is 0 Å². The topological polar surface area (TPSA) is 58.6 Å². The Morgan fingerprint density at radius 2 is 2.12 bits per heavy atom. The average molecular weight is 226 g/mol. The van der Waals surface area contributed by atoms with Crippen molar-refractivity contribution in [3.05, 3.63) is 0 Å². The summed E-state index contributed by atoms with van der Waals surface area (Å²) in [6, 6.07) is 0.275. The summed E-state index contributed by atoms with van der Waals surface area (Å²) < 4.78 is 5.27. The van der Waals surface area contributed by atoms with Gasteiger partial charge in [-0.15, -0.1) is 0 Å². The molecule has 1 atom stereocenters. The Hall–Kier alpha value is -1.10. The highest BCUT2D eigenvalue weighted by molar-refractivity contribution is 5.89. The van der Waals surface area contributed by atoms with Crippen LogP contribution < -0.4 is 5.32 Å². The van der Waals surface area contributed by atoms with Crippen molar-refractivity contribution in [3.8, 4) is 0 Å². The highest BCUT2D eigenvalue weighted by Crippen LogP contribution is 2.18. The Kier molecular flexibility index (Phi) is 3.43. The summed E-state index contributed by atoms with van der Waals surface area (Å²) in [6.45, 7) is 1.94. The van der Waals surface area contributed by atoms with Gasteiger partial charge < -0.3 is 15.0 Å². The minimum atomic E-state index is -0.166. The highest BCUT2D eigenvalue weighted by Gasteiger charge is 2.32. The number of carbonyl (C=O) groups is 2. The molecule has 2 amide bonds. The number of carbonyl (C=O) groups excluding carboxylic acids is 2. The van der Waals surface area contributed by atoms with E-state index in [1.54, 1.807) is 4.90 Å². The van der Waals surface area contributed by atoms with Crippen LogP contribution in [0.15, 0.2) is 0 Å². The van der Waals surface area contributed by atoms with Gasteiger partial charge in [-0.25, -0.2) is 0 Å². The molecule has 2 heterocycles. The van der Waals surface area contributed by atoms with Gasteiger partial charge in [-0.05, 0) is 12.8 Å². The van der Waals surface area contributed by atoms with Gasteiger partial charge in [0.05, 0.1) is 5.92 Å². The summed E-state index contributed by atoms with van der Waals surface area (Å²) >= 11 is 0. The Morgan fingerprint density at radius 1 is 1.44 bits per heavy atom. The fourth-order valence-corrected chi connectivity index (χ4v) is 2.32. The van der Waals surface area contributed by atoms with Gasteiger partial charge in [0.25, 0.3) is 0 Å². The van der Waals surface area contributed by atoms with E-state index < -0.39 is 0 Å². The maximum Gasteiger partial charge on any atom is 0.227 e. The summed E-state index contributed by atoms with van der Waals surface area (Å²) in [4.78, 5) is 24.9. The van der Waals surface area contributed by atoms with Crippen LogP contribution in [0.2, 0.25) is 0 Å². The fraction of sp³-hybridized carbons (Fsp3) is 0.818. The van der Waals surface area contributed by atoms with Crippen LogP contribution in [0.5, 0.6) is 0 Å². The van der Waals surface area contributed by atoms with E-state index in [0.717, 1.165) is 26.1 Å². The monoisotopic (exact) mass is 226 g/mol. The Balaban J connectivity index is 1.90. The zero-order valence-corrected chi connectivity index (χ0v) is 9.57. The van der Waals surface area contributed by atoms with Crippen LogP contribution in [0.25, 0.3) is 0 Å². The second kappa shape index (κ2) is 4.82. The Bertz CT molecular complexity index is 287. The van der Waals surface area contributed by atoms with Gasteiger partial charge in [-0.3, -0.25) is 9.59 Å². The van der Waals surface area contributed by atoms with Gasteiger partial charge >= 0.3 is 0 Å². The van der Waals surface area contributed by atoms with Crippen LogP contribution in [-0.2, 0) is 14.3 Å². The second-order valence-electron chi connectivity index (χ2n) is 4.50. The summed E-state index contributed by atoms with van der Waals surface area (Å²) in [5, 5.41) is 2.70. The molecule has 90 valence electrons. The van der Waals surface area contributed by atoms with Gasteiger partial charge in [0.2, 0.25) is 11.8 Å². The van der Waals surface area contributed by atoms with E-state index in [4.69, 9.17) is 4.74 Å². The molecular formula is C11H18N2O3. The van der Waals surface area contributed by atoms with Crippen molar-refractivity contribution < 1.29 is 14.3 Å². The van der Waals surface area contributed by atoms with Crippen LogP contribution in [0.4, 0.5) is 0 Å². The molecule has 16 heavy (non-hydrogen) atoms. The average Bonchev–Trinajstić information content (AvgIpc) is 2.75. The van der Waals surface area contributed by atoms with E-state index in [1.807, 2.05) is 7.05 Å². The Morgan fingerprint density at radius 3 is 2.69 bits per heavy atom. The standard InChI is InChI=1S/C11H18N2O3/c1-13(9-2-4-16-5-3-9)11(15)8-6-10(14)12-7-8/h8-9H,2-7H2,1H3,(H,12,14). The van der Waals surface area contributed by atoms with E-state index in [0.29, 0.717) is 13.0 Å². The summed E-state index contributed by atoms with van der Waals surface area (Å²) in [5.41, 5.74) is 0. The van der Waals surface area contributed by atoms with Crippen molar-refractivity contribution in [3.63, 3.8) is 0 Å². The summed E-state index contributed by atoms with van der Waals surface area (Å²) in [5.74, 6) is -0.0932. The maximum atomic E-state index is 12.1. The van der Waals surface area contributed by atoms with Crippen molar-refractivity contribution in [1.82, 2.24) is 10.2 Å². The van der Waals surface area contributed by atoms with Crippen molar-refractivity contribution >= 4 is 11.8 Å². The van der Waals surface area contributed by atoms with E-state index in [1.165, 1.54) is 0 Å². The smallest absolute Gasteiger partial charge is 0.227 e. The molecule has 0 aromatic heterocycles. The molecule has 2 fully saturated rings.